The molecular formula is C20H12ClFN2O. The lowest BCUT2D eigenvalue weighted by molar-refractivity contribution is -0.112. The van der Waals surface area contributed by atoms with E-state index in [-0.39, 0.29) is 16.2 Å². The first-order valence-corrected chi connectivity index (χ1v) is 7.82. The maximum Gasteiger partial charge on any atom is 0.266 e. The third kappa shape index (κ3) is 3.68. The number of benzene rings is 3. The maximum absolute atomic E-state index is 13.8. The monoisotopic (exact) mass is 350 g/mol. The van der Waals surface area contributed by atoms with E-state index in [9.17, 15) is 14.4 Å². The van der Waals surface area contributed by atoms with Crippen LogP contribution in [0.15, 0.2) is 66.2 Å². The number of halogens is 2. The van der Waals surface area contributed by atoms with E-state index in [1.165, 1.54) is 18.2 Å². The molecule has 3 nitrogen and oxygen atoms in total. The fourth-order valence-corrected chi connectivity index (χ4v) is 2.62. The molecule has 5 heteroatoms. The van der Waals surface area contributed by atoms with Gasteiger partial charge in [-0.25, -0.2) is 4.39 Å². The Balaban J connectivity index is 1.89. The third-order valence-electron chi connectivity index (χ3n) is 3.66. The number of rotatable bonds is 3. The lowest BCUT2D eigenvalue weighted by Crippen LogP contribution is -2.13. The molecule has 3 rings (SSSR count). The molecule has 1 N–H and O–H groups in total. The largest absolute Gasteiger partial charge is 0.321 e. The van der Waals surface area contributed by atoms with Crippen LogP contribution in [0.3, 0.4) is 0 Å². The Labute approximate surface area is 149 Å². The molecule has 3 aromatic rings. The smallest absolute Gasteiger partial charge is 0.266 e. The molecule has 0 aromatic heterocycles. The van der Waals surface area contributed by atoms with E-state index in [4.69, 9.17) is 11.6 Å². The number of hydrogen-bond donors (Lipinski definition) is 1. The number of hydrogen-bond acceptors (Lipinski definition) is 2. The predicted molar refractivity (Wildman–Crippen MR) is 97.6 cm³/mol. The van der Waals surface area contributed by atoms with Crippen molar-refractivity contribution in [2.24, 2.45) is 0 Å². The van der Waals surface area contributed by atoms with Gasteiger partial charge in [-0.05, 0) is 41.1 Å². The van der Waals surface area contributed by atoms with Gasteiger partial charge in [0, 0.05) is 11.3 Å². The van der Waals surface area contributed by atoms with Gasteiger partial charge in [0.2, 0.25) is 0 Å². The molecule has 122 valence electrons. The van der Waals surface area contributed by atoms with Crippen molar-refractivity contribution in [1.29, 1.82) is 5.26 Å². The van der Waals surface area contributed by atoms with Gasteiger partial charge in [0.1, 0.15) is 17.5 Å². The van der Waals surface area contributed by atoms with Gasteiger partial charge in [-0.2, -0.15) is 5.26 Å². The Morgan fingerprint density at radius 1 is 1.08 bits per heavy atom. The van der Waals surface area contributed by atoms with Crippen LogP contribution in [-0.4, -0.2) is 5.91 Å². The molecular weight excluding hydrogens is 339 g/mol. The molecule has 0 atom stereocenters. The summed E-state index contributed by atoms with van der Waals surface area (Å²) in [5.74, 6) is -1.23. The van der Waals surface area contributed by atoms with Gasteiger partial charge in [0.15, 0.2) is 0 Å². The van der Waals surface area contributed by atoms with Crippen molar-refractivity contribution >= 4 is 40.0 Å². The standard InChI is InChI=1S/C20H12ClFN2O/c21-18-6-3-7-19(22)17(18)11-15(12-23)20(25)24-16-9-8-13-4-1-2-5-14(13)10-16/h1-11H,(H,24,25)/b15-11-. The van der Waals surface area contributed by atoms with Crippen LogP contribution in [0.5, 0.6) is 0 Å². The van der Waals surface area contributed by atoms with Crippen LogP contribution in [-0.2, 0) is 4.79 Å². The van der Waals surface area contributed by atoms with Gasteiger partial charge in [-0.1, -0.05) is 48.0 Å². The van der Waals surface area contributed by atoms with Crippen LogP contribution in [0.1, 0.15) is 5.56 Å². The number of nitrogens with one attached hydrogen (secondary N) is 1. The first-order valence-electron chi connectivity index (χ1n) is 7.44. The Morgan fingerprint density at radius 3 is 2.56 bits per heavy atom. The minimum Gasteiger partial charge on any atom is -0.321 e. The maximum atomic E-state index is 13.8. The van der Waals surface area contributed by atoms with Crippen molar-refractivity contribution in [2.45, 2.75) is 0 Å². The van der Waals surface area contributed by atoms with E-state index in [0.717, 1.165) is 16.8 Å². The summed E-state index contributed by atoms with van der Waals surface area (Å²) in [5, 5.41) is 14.0. The number of carbonyl (C=O) groups excluding carboxylic acids is 1. The van der Waals surface area contributed by atoms with Gasteiger partial charge in [0.25, 0.3) is 5.91 Å². The van der Waals surface area contributed by atoms with E-state index in [0.29, 0.717) is 5.69 Å². The van der Waals surface area contributed by atoms with Crippen LogP contribution in [0.2, 0.25) is 5.02 Å². The molecule has 0 saturated heterocycles. The Kier molecular flexibility index (Phi) is 4.78. The number of nitrogens with zero attached hydrogens (tertiary/aromatic N) is 1. The zero-order chi connectivity index (χ0) is 17.8. The number of fused-ring (bicyclic) bond motifs is 1. The SMILES string of the molecule is N#C/C(=C/c1c(F)cccc1Cl)C(=O)Nc1ccc2ccccc2c1. The van der Waals surface area contributed by atoms with Gasteiger partial charge in [-0.3, -0.25) is 4.79 Å². The summed E-state index contributed by atoms with van der Waals surface area (Å²) in [5.41, 5.74) is 0.319. The summed E-state index contributed by atoms with van der Waals surface area (Å²) in [6.45, 7) is 0. The highest BCUT2D eigenvalue weighted by molar-refractivity contribution is 6.32. The fraction of sp³-hybridized carbons (Fsp3) is 0. The molecule has 3 aromatic carbocycles. The van der Waals surface area contributed by atoms with E-state index >= 15 is 0 Å². The molecule has 0 saturated carbocycles. The topological polar surface area (TPSA) is 52.9 Å². The van der Waals surface area contributed by atoms with Crippen molar-refractivity contribution < 1.29 is 9.18 Å². The van der Waals surface area contributed by atoms with Gasteiger partial charge in [-0.15, -0.1) is 0 Å². The predicted octanol–water partition coefficient (Wildman–Crippen LogP) is 5.18. The summed E-state index contributed by atoms with van der Waals surface area (Å²) in [7, 11) is 0. The molecule has 0 spiro atoms. The van der Waals surface area contributed by atoms with Crippen molar-refractivity contribution in [3.8, 4) is 6.07 Å². The molecule has 25 heavy (non-hydrogen) atoms. The van der Waals surface area contributed by atoms with Gasteiger partial charge >= 0.3 is 0 Å². The zero-order valence-corrected chi connectivity index (χ0v) is 13.7. The summed E-state index contributed by atoms with van der Waals surface area (Å²) < 4.78 is 13.8. The first-order chi connectivity index (χ1) is 12.1. The van der Waals surface area contributed by atoms with Crippen LogP contribution in [0.25, 0.3) is 16.8 Å². The average molecular weight is 351 g/mol. The second kappa shape index (κ2) is 7.16. The Hall–Kier alpha value is -3.16. The van der Waals surface area contributed by atoms with Crippen molar-refractivity contribution in [3.63, 3.8) is 0 Å². The molecule has 0 aliphatic carbocycles. The summed E-state index contributed by atoms with van der Waals surface area (Å²) in [6, 6.07) is 19.1. The second-order valence-corrected chi connectivity index (χ2v) is 5.73. The van der Waals surface area contributed by atoms with Crippen LogP contribution >= 0.6 is 11.6 Å². The van der Waals surface area contributed by atoms with Crippen LogP contribution < -0.4 is 5.32 Å². The highest BCUT2D eigenvalue weighted by Gasteiger charge is 2.13. The van der Waals surface area contributed by atoms with E-state index in [2.05, 4.69) is 5.32 Å². The minimum atomic E-state index is -0.628. The molecule has 0 aliphatic rings. The normalized spacial score (nSPS) is 11.2. The average Bonchev–Trinajstić information content (AvgIpc) is 2.61. The van der Waals surface area contributed by atoms with E-state index in [1.807, 2.05) is 30.3 Å². The lowest BCUT2D eigenvalue weighted by atomic mass is 10.1. The molecule has 1 amide bonds. The van der Waals surface area contributed by atoms with Crippen molar-refractivity contribution in [2.75, 3.05) is 5.32 Å². The number of amides is 1. The van der Waals surface area contributed by atoms with Crippen LogP contribution in [0, 0.1) is 17.1 Å². The summed E-state index contributed by atoms with van der Waals surface area (Å²) in [6.07, 6.45) is 1.15. The Morgan fingerprint density at radius 2 is 1.84 bits per heavy atom. The molecule has 0 fully saturated rings. The van der Waals surface area contributed by atoms with Crippen molar-refractivity contribution in [3.05, 3.63) is 82.6 Å². The molecule has 0 bridgehead atoms. The molecule has 0 unspecified atom stereocenters. The van der Waals surface area contributed by atoms with Gasteiger partial charge < -0.3 is 5.32 Å². The molecule has 0 radical (unpaired) electrons. The Bertz CT molecular complexity index is 1020. The summed E-state index contributed by atoms with van der Waals surface area (Å²) in [4.78, 5) is 12.3. The van der Waals surface area contributed by atoms with Gasteiger partial charge in [0.05, 0.1) is 5.02 Å². The van der Waals surface area contributed by atoms with Crippen molar-refractivity contribution in [1.82, 2.24) is 0 Å². The number of carbonyl (C=O) groups is 1. The number of nitriles is 1. The van der Waals surface area contributed by atoms with Crippen LogP contribution in [0.4, 0.5) is 10.1 Å². The zero-order valence-electron chi connectivity index (χ0n) is 13.0. The highest BCUT2D eigenvalue weighted by Crippen LogP contribution is 2.23. The third-order valence-corrected chi connectivity index (χ3v) is 3.99. The second-order valence-electron chi connectivity index (χ2n) is 5.32. The molecule has 0 heterocycles. The number of anilines is 1. The quantitative estimate of drug-likeness (QED) is 0.522. The lowest BCUT2D eigenvalue weighted by Gasteiger charge is -2.07. The van der Waals surface area contributed by atoms with E-state index < -0.39 is 11.7 Å². The fourth-order valence-electron chi connectivity index (χ4n) is 2.41. The minimum absolute atomic E-state index is 0.00868. The first kappa shape index (κ1) is 16.7. The highest BCUT2D eigenvalue weighted by atomic mass is 35.5. The molecule has 0 aliphatic heterocycles. The summed E-state index contributed by atoms with van der Waals surface area (Å²) >= 11 is 5.94. The van der Waals surface area contributed by atoms with E-state index in [1.54, 1.807) is 18.2 Å².